The second-order valence-corrected chi connectivity index (χ2v) is 8.06. The summed E-state index contributed by atoms with van der Waals surface area (Å²) in [6.45, 7) is 6.14. The summed E-state index contributed by atoms with van der Waals surface area (Å²) in [7, 11) is 1.78. The molecule has 168 valence electrons. The monoisotopic (exact) mass is 535 g/mol. The van der Waals surface area contributed by atoms with E-state index in [1.54, 1.807) is 7.05 Å². The Morgan fingerprint density at radius 1 is 1.10 bits per heavy atom. The second-order valence-electron chi connectivity index (χ2n) is 8.06. The van der Waals surface area contributed by atoms with E-state index in [9.17, 15) is 4.79 Å². The van der Waals surface area contributed by atoms with Crippen molar-refractivity contribution in [2.75, 3.05) is 20.1 Å². The lowest BCUT2D eigenvalue weighted by Gasteiger charge is -2.31. The number of hydrogen-bond donors (Lipinski definition) is 3. The molecule has 1 fully saturated rings. The number of halogens is 1. The first-order valence-electron chi connectivity index (χ1n) is 10.6. The highest BCUT2D eigenvalue weighted by molar-refractivity contribution is 14.0. The average molecular weight is 535 g/mol. The zero-order valence-electron chi connectivity index (χ0n) is 18.4. The van der Waals surface area contributed by atoms with Gasteiger partial charge in [0.2, 0.25) is 5.91 Å². The van der Waals surface area contributed by atoms with Crippen molar-refractivity contribution in [2.45, 2.75) is 39.4 Å². The van der Waals surface area contributed by atoms with E-state index >= 15 is 0 Å². The van der Waals surface area contributed by atoms with Gasteiger partial charge in [-0.15, -0.1) is 24.0 Å². The van der Waals surface area contributed by atoms with Crippen LogP contribution in [-0.4, -0.2) is 36.9 Å². The topological polar surface area (TPSA) is 82.8 Å². The Morgan fingerprint density at radius 2 is 1.77 bits per heavy atom. The molecule has 1 aliphatic heterocycles. The third-order valence-electron chi connectivity index (χ3n) is 5.57. The predicted octanol–water partition coefficient (Wildman–Crippen LogP) is 3.18. The summed E-state index contributed by atoms with van der Waals surface area (Å²) in [5.74, 6) is 0.579. The zero-order valence-corrected chi connectivity index (χ0v) is 20.8. The van der Waals surface area contributed by atoms with Gasteiger partial charge in [-0.25, -0.2) is 0 Å². The zero-order chi connectivity index (χ0) is 21.3. The number of aryl methyl sites for hydroxylation is 1. The molecular weight excluding hydrogens is 501 g/mol. The minimum absolute atomic E-state index is 0. The van der Waals surface area contributed by atoms with Gasteiger partial charge in [0, 0.05) is 33.2 Å². The van der Waals surface area contributed by atoms with Crippen LogP contribution in [0.5, 0.6) is 0 Å². The van der Waals surface area contributed by atoms with Crippen LogP contribution in [0.25, 0.3) is 0 Å². The number of guanidine groups is 1. The van der Waals surface area contributed by atoms with Crippen LogP contribution in [0.4, 0.5) is 0 Å². The highest BCUT2D eigenvalue weighted by Crippen LogP contribution is 2.18. The van der Waals surface area contributed by atoms with E-state index in [0.717, 1.165) is 45.0 Å². The first-order valence-corrected chi connectivity index (χ1v) is 10.6. The fraction of sp³-hybridized carbons (Fsp3) is 0.417. The lowest BCUT2D eigenvalue weighted by molar-refractivity contribution is -0.123. The van der Waals surface area contributed by atoms with Crippen LogP contribution in [-0.2, 0) is 24.4 Å². The van der Waals surface area contributed by atoms with Gasteiger partial charge in [0.05, 0.1) is 5.92 Å². The number of nitrogens with one attached hydrogen (secondary N) is 2. The Hall–Kier alpha value is -2.13. The van der Waals surface area contributed by atoms with Crippen molar-refractivity contribution in [2.24, 2.45) is 16.6 Å². The van der Waals surface area contributed by atoms with Gasteiger partial charge in [0.1, 0.15) is 0 Å². The molecule has 31 heavy (non-hydrogen) atoms. The number of hydrogen-bond acceptors (Lipinski definition) is 3. The number of benzene rings is 2. The standard InChI is InChI=1S/C24H33N5O.HI/c1-18-8-10-19(11-9-18)14-27-24(26-2)28-15-20-5-3-6-21(13-20)16-29-12-4-7-22(17-29)23(25)30;/h3,5-6,8-11,13,22H,4,7,12,14-17H2,1-2H3,(H2,25,30)(H2,26,27,28);1H. The summed E-state index contributed by atoms with van der Waals surface area (Å²) in [5, 5.41) is 6.74. The average Bonchev–Trinajstić information content (AvgIpc) is 2.75. The minimum atomic E-state index is -0.179. The lowest BCUT2D eigenvalue weighted by Crippen LogP contribution is -2.40. The molecule has 6 nitrogen and oxygen atoms in total. The van der Waals surface area contributed by atoms with Crippen LogP contribution >= 0.6 is 24.0 Å². The van der Waals surface area contributed by atoms with Crippen molar-refractivity contribution in [3.05, 3.63) is 70.8 Å². The third-order valence-corrected chi connectivity index (χ3v) is 5.57. The number of rotatable bonds is 7. The van der Waals surface area contributed by atoms with E-state index in [0.29, 0.717) is 6.54 Å². The molecule has 7 heteroatoms. The summed E-state index contributed by atoms with van der Waals surface area (Å²) in [6.07, 6.45) is 1.93. The fourth-order valence-electron chi connectivity index (χ4n) is 3.83. The van der Waals surface area contributed by atoms with Crippen LogP contribution in [0.1, 0.15) is 35.1 Å². The van der Waals surface area contributed by atoms with Crippen molar-refractivity contribution >= 4 is 35.8 Å². The van der Waals surface area contributed by atoms with Crippen LogP contribution in [0.2, 0.25) is 0 Å². The van der Waals surface area contributed by atoms with Crippen LogP contribution < -0.4 is 16.4 Å². The number of piperidine rings is 1. The Morgan fingerprint density at radius 3 is 2.45 bits per heavy atom. The first-order chi connectivity index (χ1) is 14.5. The SMILES string of the molecule is CN=C(NCc1ccc(C)cc1)NCc1cccc(CN2CCCC(C(N)=O)C2)c1.I. The van der Waals surface area contributed by atoms with Crippen molar-refractivity contribution in [1.82, 2.24) is 15.5 Å². The molecule has 1 atom stereocenters. The van der Waals surface area contributed by atoms with Gasteiger partial charge < -0.3 is 16.4 Å². The molecule has 1 saturated heterocycles. The van der Waals surface area contributed by atoms with Gasteiger partial charge in [-0.2, -0.15) is 0 Å². The van der Waals surface area contributed by atoms with Gasteiger partial charge in [-0.1, -0.05) is 54.1 Å². The van der Waals surface area contributed by atoms with E-state index in [2.05, 4.69) is 76.0 Å². The third kappa shape index (κ3) is 8.14. The molecular formula is C24H34IN5O. The Kier molecular flexibility index (Phi) is 10.3. The van der Waals surface area contributed by atoms with Gasteiger partial charge in [-0.05, 0) is 43.0 Å². The summed E-state index contributed by atoms with van der Waals surface area (Å²) >= 11 is 0. The van der Waals surface area contributed by atoms with E-state index in [-0.39, 0.29) is 35.8 Å². The van der Waals surface area contributed by atoms with Gasteiger partial charge in [-0.3, -0.25) is 14.7 Å². The maximum absolute atomic E-state index is 11.5. The van der Waals surface area contributed by atoms with Crippen molar-refractivity contribution < 1.29 is 4.79 Å². The van der Waals surface area contributed by atoms with E-state index in [1.807, 2.05) is 0 Å². The molecule has 4 N–H and O–H groups in total. The van der Waals surface area contributed by atoms with Crippen molar-refractivity contribution in [3.63, 3.8) is 0 Å². The number of carbonyl (C=O) groups is 1. The summed E-state index contributed by atoms with van der Waals surface area (Å²) < 4.78 is 0. The fourth-order valence-corrected chi connectivity index (χ4v) is 3.83. The Labute approximate surface area is 202 Å². The molecule has 0 bridgehead atoms. The summed E-state index contributed by atoms with van der Waals surface area (Å²) in [5.41, 5.74) is 10.4. The minimum Gasteiger partial charge on any atom is -0.369 e. The molecule has 0 aromatic heterocycles. The largest absolute Gasteiger partial charge is 0.369 e. The smallest absolute Gasteiger partial charge is 0.221 e. The second kappa shape index (κ2) is 12.7. The summed E-state index contributed by atoms with van der Waals surface area (Å²) in [6, 6.07) is 17.1. The normalized spacial score (nSPS) is 17.0. The van der Waals surface area contributed by atoms with E-state index < -0.39 is 0 Å². The number of carbonyl (C=O) groups excluding carboxylic acids is 1. The maximum atomic E-state index is 11.5. The van der Waals surface area contributed by atoms with Crippen molar-refractivity contribution in [3.8, 4) is 0 Å². The molecule has 1 aliphatic rings. The molecule has 3 rings (SSSR count). The first kappa shape index (κ1) is 25.1. The molecule has 1 heterocycles. The predicted molar refractivity (Wildman–Crippen MR) is 137 cm³/mol. The Balaban J connectivity index is 0.00000341. The molecule has 1 unspecified atom stereocenters. The number of amides is 1. The lowest BCUT2D eigenvalue weighted by atomic mass is 9.97. The Bertz CT molecular complexity index is 869. The van der Waals surface area contributed by atoms with Gasteiger partial charge in [0.15, 0.2) is 5.96 Å². The van der Waals surface area contributed by atoms with Gasteiger partial charge in [0.25, 0.3) is 0 Å². The summed E-state index contributed by atoms with van der Waals surface area (Å²) in [4.78, 5) is 18.2. The van der Waals surface area contributed by atoms with E-state index in [1.165, 1.54) is 22.3 Å². The molecule has 0 saturated carbocycles. The quantitative estimate of drug-likeness (QED) is 0.289. The molecule has 0 aliphatic carbocycles. The van der Waals surface area contributed by atoms with Gasteiger partial charge >= 0.3 is 0 Å². The molecule has 1 amide bonds. The van der Waals surface area contributed by atoms with Crippen molar-refractivity contribution in [1.29, 1.82) is 0 Å². The van der Waals surface area contributed by atoms with Crippen LogP contribution in [0.3, 0.4) is 0 Å². The molecule has 0 spiro atoms. The van der Waals surface area contributed by atoms with Crippen LogP contribution in [0.15, 0.2) is 53.5 Å². The number of likely N-dealkylation sites (tertiary alicyclic amines) is 1. The number of nitrogens with two attached hydrogens (primary N) is 1. The highest BCUT2D eigenvalue weighted by atomic mass is 127. The highest BCUT2D eigenvalue weighted by Gasteiger charge is 2.23. The van der Waals surface area contributed by atoms with Crippen LogP contribution in [0, 0.1) is 12.8 Å². The maximum Gasteiger partial charge on any atom is 0.221 e. The molecule has 2 aromatic carbocycles. The number of nitrogens with zero attached hydrogens (tertiary/aromatic N) is 2. The number of primary amides is 1. The number of aliphatic imine (C=N–C) groups is 1. The molecule has 0 radical (unpaired) electrons. The molecule has 2 aromatic rings. The van der Waals surface area contributed by atoms with E-state index in [4.69, 9.17) is 5.73 Å².